The third-order valence-corrected chi connectivity index (χ3v) is 5.75. The summed E-state index contributed by atoms with van der Waals surface area (Å²) in [6, 6.07) is 0.572. The van der Waals surface area contributed by atoms with E-state index in [1.54, 1.807) is 0 Å². The van der Waals surface area contributed by atoms with Crippen LogP contribution in [0.2, 0.25) is 0 Å². The predicted molar refractivity (Wildman–Crippen MR) is 93.1 cm³/mol. The van der Waals surface area contributed by atoms with Gasteiger partial charge in [-0.2, -0.15) is 11.8 Å². The van der Waals surface area contributed by atoms with Crippen LogP contribution in [0.15, 0.2) is 0 Å². The maximum Gasteiger partial charge on any atom is 0.0897 e. The Morgan fingerprint density at radius 2 is 2.10 bits per heavy atom. The molecule has 0 bridgehead atoms. The first-order valence-corrected chi connectivity index (χ1v) is 10.0. The monoisotopic (exact) mass is 317 g/mol. The van der Waals surface area contributed by atoms with Gasteiger partial charge in [0.2, 0.25) is 0 Å². The molecule has 0 saturated heterocycles. The molecule has 1 fully saturated rings. The molecule has 4 heteroatoms. The van der Waals surface area contributed by atoms with Crippen LogP contribution in [-0.2, 0) is 4.74 Å². The molecule has 4 unspecified atom stereocenters. The largest absolute Gasteiger partial charge is 0.389 e. The minimum absolute atomic E-state index is 0.378. The van der Waals surface area contributed by atoms with E-state index in [9.17, 15) is 5.11 Å². The number of ether oxygens (including phenoxy) is 1. The van der Waals surface area contributed by atoms with E-state index in [0.717, 1.165) is 11.9 Å². The summed E-state index contributed by atoms with van der Waals surface area (Å²) in [5.41, 5.74) is 0. The fraction of sp³-hybridized carbons (Fsp3) is 1.00. The Bertz CT molecular complexity index is 253. The van der Waals surface area contributed by atoms with E-state index in [4.69, 9.17) is 4.74 Å². The van der Waals surface area contributed by atoms with Crippen LogP contribution in [0.3, 0.4) is 0 Å². The Labute approximate surface area is 135 Å². The van der Waals surface area contributed by atoms with E-state index in [1.807, 2.05) is 11.8 Å². The van der Waals surface area contributed by atoms with Crippen molar-refractivity contribution in [2.45, 2.75) is 76.2 Å². The molecule has 0 radical (unpaired) electrons. The number of rotatable bonds is 12. The topological polar surface area (TPSA) is 41.5 Å². The van der Waals surface area contributed by atoms with Gasteiger partial charge < -0.3 is 15.2 Å². The molecule has 4 atom stereocenters. The Balaban J connectivity index is 2.09. The average molecular weight is 318 g/mol. The molecule has 1 aliphatic rings. The van der Waals surface area contributed by atoms with Crippen molar-refractivity contribution in [3.05, 3.63) is 0 Å². The van der Waals surface area contributed by atoms with Gasteiger partial charge in [-0.1, -0.05) is 39.5 Å². The highest BCUT2D eigenvalue weighted by Gasteiger charge is 2.26. The lowest BCUT2D eigenvalue weighted by atomic mass is 10.0. The number of thioether (sulfide) groups is 1. The highest BCUT2D eigenvalue weighted by atomic mass is 32.2. The van der Waals surface area contributed by atoms with Gasteiger partial charge in [0.05, 0.1) is 12.7 Å². The first-order chi connectivity index (χ1) is 10.2. The summed E-state index contributed by atoms with van der Waals surface area (Å²) in [5, 5.41) is 14.3. The van der Waals surface area contributed by atoms with Crippen molar-refractivity contribution < 1.29 is 9.84 Å². The molecule has 0 aromatic rings. The normalized spacial score (nSPS) is 25.1. The molecule has 0 spiro atoms. The Morgan fingerprint density at radius 3 is 2.76 bits per heavy atom. The van der Waals surface area contributed by atoms with Crippen LogP contribution in [-0.4, -0.2) is 48.5 Å². The maximum atomic E-state index is 10.0. The Kier molecular flexibility index (Phi) is 10.8. The lowest BCUT2D eigenvalue weighted by Crippen LogP contribution is -2.40. The lowest BCUT2D eigenvalue weighted by molar-refractivity contribution is 0.0184. The van der Waals surface area contributed by atoms with Crippen molar-refractivity contribution in [2.24, 2.45) is 5.92 Å². The molecule has 1 saturated carbocycles. The van der Waals surface area contributed by atoms with Crippen LogP contribution in [0.1, 0.15) is 58.8 Å². The smallest absolute Gasteiger partial charge is 0.0897 e. The van der Waals surface area contributed by atoms with Crippen molar-refractivity contribution in [3.8, 4) is 0 Å². The van der Waals surface area contributed by atoms with Gasteiger partial charge in [0.1, 0.15) is 0 Å². The van der Waals surface area contributed by atoms with Crippen molar-refractivity contribution >= 4 is 11.8 Å². The van der Waals surface area contributed by atoms with Crippen LogP contribution in [0.25, 0.3) is 0 Å². The fourth-order valence-corrected chi connectivity index (χ4v) is 4.02. The van der Waals surface area contributed by atoms with Crippen LogP contribution in [0, 0.1) is 5.92 Å². The molecule has 0 amide bonds. The minimum atomic E-state index is -0.378. The molecule has 2 N–H and O–H groups in total. The van der Waals surface area contributed by atoms with Crippen molar-refractivity contribution in [1.29, 1.82) is 0 Å². The number of aliphatic hydroxyl groups excluding tert-OH is 1. The second kappa shape index (κ2) is 11.8. The summed E-state index contributed by atoms with van der Waals surface area (Å²) >= 11 is 1.95. The summed E-state index contributed by atoms with van der Waals surface area (Å²) < 4.78 is 5.72. The summed E-state index contributed by atoms with van der Waals surface area (Å²) in [6.45, 7) is 6.38. The molecule has 0 heterocycles. The standard InChI is InChI=1S/C17H35NO2S/c1-4-6-8-14(5-2)12-20-13-15(19)11-18-16-9-7-10-17(16)21-3/h14-19H,4-13H2,1-3H3. The van der Waals surface area contributed by atoms with Gasteiger partial charge in [0.15, 0.2) is 0 Å². The molecule has 21 heavy (non-hydrogen) atoms. The number of aliphatic hydroxyl groups is 1. The molecular weight excluding hydrogens is 282 g/mol. The molecule has 1 aliphatic carbocycles. The second-order valence-electron chi connectivity index (χ2n) is 6.33. The number of unbranched alkanes of at least 4 members (excludes halogenated alkanes) is 1. The van der Waals surface area contributed by atoms with Gasteiger partial charge in [0.25, 0.3) is 0 Å². The molecule has 1 rings (SSSR count). The van der Waals surface area contributed by atoms with E-state index in [0.29, 0.717) is 25.1 Å². The molecule has 0 aromatic carbocycles. The summed E-state index contributed by atoms with van der Waals surface area (Å²) in [6.07, 6.45) is 10.6. The summed E-state index contributed by atoms with van der Waals surface area (Å²) in [5.74, 6) is 0.654. The van der Waals surface area contributed by atoms with Crippen LogP contribution in [0.5, 0.6) is 0 Å². The highest BCUT2D eigenvalue weighted by molar-refractivity contribution is 7.99. The van der Waals surface area contributed by atoms with E-state index in [-0.39, 0.29) is 6.10 Å². The summed E-state index contributed by atoms with van der Waals surface area (Å²) in [4.78, 5) is 0. The van der Waals surface area contributed by atoms with E-state index in [1.165, 1.54) is 44.9 Å². The van der Waals surface area contributed by atoms with Gasteiger partial charge in [-0.15, -0.1) is 0 Å². The number of hydrogen-bond acceptors (Lipinski definition) is 4. The maximum absolute atomic E-state index is 10.0. The second-order valence-corrected chi connectivity index (χ2v) is 7.40. The van der Waals surface area contributed by atoms with Crippen molar-refractivity contribution in [3.63, 3.8) is 0 Å². The summed E-state index contributed by atoms with van der Waals surface area (Å²) in [7, 11) is 0. The predicted octanol–water partition coefficient (Wildman–Crippen LogP) is 3.45. The number of hydrogen-bond donors (Lipinski definition) is 2. The van der Waals surface area contributed by atoms with Crippen LogP contribution >= 0.6 is 11.8 Å². The van der Waals surface area contributed by atoms with Crippen LogP contribution in [0.4, 0.5) is 0 Å². The van der Waals surface area contributed by atoms with Crippen molar-refractivity contribution in [1.82, 2.24) is 5.32 Å². The fourth-order valence-electron chi connectivity index (χ4n) is 3.06. The van der Waals surface area contributed by atoms with Gasteiger partial charge in [-0.3, -0.25) is 0 Å². The zero-order valence-corrected chi connectivity index (χ0v) is 15.0. The van der Waals surface area contributed by atoms with Gasteiger partial charge in [0, 0.05) is 24.4 Å². The SMILES string of the molecule is CCCCC(CC)COCC(O)CNC1CCCC1SC. The zero-order chi connectivity index (χ0) is 15.5. The van der Waals surface area contributed by atoms with Gasteiger partial charge >= 0.3 is 0 Å². The Morgan fingerprint density at radius 1 is 1.29 bits per heavy atom. The molecular formula is C17H35NO2S. The van der Waals surface area contributed by atoms with E-state index in [2.05, 4.69) is 25.4 Å². The third kappa shape index (κ3) is 7.87. The minimum Gasteiger partial charge on any atom is -0.389 e. The molecule has 3 nitrogen and oxygen atoms in total. The Hall–Kier alpha value is 0.230. The average Bonchev–Trinajstić information content (AvgIpc) is 2.96. The van der Waals surface area contributed by atoms with Gasteiger partial charge in [-0.05, 0) is 31.4 Å². The molecule has 0 aromatic heterocycles. The van der Waals surface area contributed by atoms with E-state index >= 15 is 0 Å². The third-order valence-electron chi connectivity index (χ3n) is 4.58. The highest BCUT2D eigenvalue weighted by Crippen LogP contribution is 2.28. The van der Waals surface area contributed by atoms with Crippen LogP contribution < -0.4 is 5.32 Å². The first-order valence-electron chi connectivity index (χ1n) is 8.73. The molecule has 126 valence electrons. The van der Waals surface area contributed by atoms with E-state index < -0.39 is 0 Å². The first kappa shape index (κ1) is 19.3. The zero-order valence-electron chi connectivity index (χ0n) is 14.1. The lowest BCUT2D eigenvalue weighted by Gasteiger charge is -2.22. The quantitative estimate of drug-likeness (QED) is 0.578. The van der Waals surface area contributed by atoms with Gasteiger partial charge in [-0.25, -0.2) is 0 Å². The van der Waals surface area contributed by atoms with Crippen molar-refractivity contribution in [2.75, 3.05) is 26.0 Å². The molecule has 0 aliphatic heterocycles. The number of nitrogens with one attached hydrogen (secondary N) is 1.